The Morgan fingerprint density at radius 3 is 2.67 bits per heavy atom. The summed E-state index contributed by atoms with van der Waals surface area (Å²) in [5.41, 5.74) is 2.38. The van der Waals surface area contributed by atoms with Crippen molar-refractivity contribution in [3.05, 3.63) is 45.6 Å². The molecule has 2 aliphatic rings. The van der Waals surface area contributed by atoms with Crippen LogP contribution >= 0.6 is 23.7 Å². The molecule has 0 saturated carbocycles. The fraction of sp³-hybridized carbons (Fsp3) is 0.450. The van der Waals surface area contributed by atoms with Gasteiger partial charge in [-0.05, 0) is 54.1 Å². The predicted molar refractivity (Wildman–Crippen MR) is 109 cm³/mol. The Bertz CT molecular complexity index is 791. The summed E-state index contributed by atoms with van der Waals surface area (Å²) in [6, 6.07) is 8.23. The molecule has 0 aliphatic carbocycles. The van der Waals surface area contributed by atoms with E-state index in [0.717, 1.165) is 43.8 Å². The Kier molecular flexibility index (Phi) is 6.29. The maximum atomic E-state index is 13.2. The summed E-state index contributed by atoms with van der Waals surface area (Å²) < 4.78 is 11.0. The van der Waals surface area contributed by atoms with Crippen LogP contribution in [0.15, 0.2) is 29.6 Å². The number of methoxy groups -OCH3 is 2. The summed E-state index contributed by atoms with van der Waals surface area (Å²) in [5.74, 6) is 1.80. The van der Waals surface area contributed by atoms with Crippen molar-refractivity contribution in [3.8, 4) is 11.5 Å². The first-order chi connectivity index (χ1) is 12.7. The van der Waals surface area contributed by atoms with Gasteiger partial charge in [-0.1, -0.05) is 6.07 Å². The third kappa shape index (κ3) is 3.66. The van der Waals surface area contributed by atoms with Gasteiger partial charge in [0, 0.05) is 18.0 Å². The highest BCUT2D eigenvalue weighted by Crippen LogP contribution is 2.42. The summed E-state index contributed by atoms with van der Waals surface area (Å²) in [5, 5.41) is 5.39. The molecular formula is C20H25ClN2O3S. The minimum atomic E-state index is -0.0494. The Morgan fingerprint density at radius 2 is 2.04 bits per heavy atom. The van der Waals surface area contributed by atoms with Gasteiger partial charge in [0.05, 0.1) is 26.2 Å². The second-order valence-corrected chi connectivity index (χ2v) is 7.77. The first-order valence-electron chi connectivity index (χ1n) is 9.02. The van der Waals surface area contributed by atoms with Crippen LogP contribution in [0.3, 0.4) is 0 Å². The largest absolute Gasteiger partial charge is 0.493 e. The van der Waals surface area contributed by atoms with Crippen LogP contribution in [-0.2, 0) is 11.2 Å². The van der Waals surface area contributed by atoms with Crippen LogP contribution in [0.4, 0.5) is 0 Å². The topological polar surface area (TPSA) is 50.8 Å². The summed E-state index contributed by atoms with van der Waals surface area (Å²) in [6.07, 6.45) is 1.76. The zero-order valence-corrected chi connectivity index (χ0v) is 17.2. The molecule has 0 radical (unpaired) electrons. The monoisotopic (exact) mass is 408 g/mol. The maximum Gasteiger partial charge on any atom is 0.227 e. The first kappa shape index (κ1) is 20.0. The lowest BCUT2D eigenvalue weighted by molar-refractivity contribution is -0.137. The maximum absolute atomic E-state index is 13.2. The van der Waals surface area contributed by atoms with E-state index in [1.807, 2.05) is 6.07 Å². The highest BCUT2D eigenvalue weighted by molar-refractivity contribution is 7.10. The van der Waals surface area contributed by atoms with Crippen molar-refractivity contribution in [1.82, 2.24) is 10.2 Å². The van der Waals surface area contributed by atoms with Crippen LogP contribution in [0, 0.1) is 5.92 Å². The number of carbonyl (C=O) groups excluding carboxylic acids is 1. The van der Waals surface area contributed by atoms with E-state index in [9.17, 15) is 4.79 Å². The van der Waals surface area contributed by atoms with E-state index in [0.29, 0.717) is 5.75 Å². The molecule has 0 spiro atoms. The number of thiophene rings is 1. The third-order valence-electron chi connectivity index (χ3n) is 5.38. The molecule has 2 aromatic rings. The first-order valence-corrected chi connectivity index (χ1v) is 9.90. The number of rotatable bonds is 4. The minimum absolute atomic E-state index is 0. The lowest BCUT2D eigenvalue weighted by Gasteiger charge is -2.38. The third-order valence-corrected chi connectivity index (χ3v) is 6.30. The molecule has 2 unspecified atom stereocenters. The predicted octanol–water partition coefficient (Wildman–Crippen LogP) is 3.27. The Morgan fingerprint density at radius 1 is 1.26 bits per heavy atom. The fourth-order valence-corrected chi connectivity index (χ4v) is 4.89. The molecule has 146 valence electrons. The number of nitrogens with zero attached hydrogens (tertiary/aromatic N) is 1. The normalized spacial score (nSPS) is 21.3. The summed E-state index contributed by atoms with van der Waals surface area (Å²) in [6.45, 7) is 2.45. The van der Waals surface area contributed by atoms with Crippen LogP contribution in [0.1, 0.15) is 28.5 Å². The molecule has 0 bridgehead atoms. The van der Waals surface area contributed by atoms with Gasteiger partial charge in [-0.25, -0.2) is 0 Å². The van der Waals surface area contributed by atoms with E-state index >= 15 is 0 Å². The van der Waals surface area contributed by atoms with Gasteiger partial charge in [-0.3, -0.25) is 4.79 Å². The van der Waals surface area contributed by atoms with Crippen molar-refractivity contribution in [2.24, 2.45) is 5.92 Å². The zero-order valence-electron chi connectivity index (χ0n) is 15.6. The van der Waals surface area contributed by atoms with Gasteiger partial charge >= 0.3 is 0 Å². The number of halogens is 1. The number of fused-ring (bicyclic) bond motifs is 1. The summed E-state index contributed by atoms with van der Waals surface area (Å²) >= 11 is 1.70. The van der Waals surface area contributed by atoms with Crippen LogP contribution in [0.2, 0.25) is 0 Å². The molecule has 5 nitrogen and oxygen atoms in total. The number of hydrogen-bond acceptors (Lipinski definition) is 5. The van der Waals surface area contributed by atoms with Crippen molar-refractivity contribution >= 4 is 29.7 Å². The van der Waals surface area contributed by atoms with Gasteiger partial charge in [0.1, 0.15) is 0 Å². The number of nitrogens with one attached hydrogen (secondary N) is 1. The van der Waals surface area contributed by atoms with E-state index < -0.39 is 0 Å². The molecule has 3 heterocycles. The summed E-state index contributed by atoms with van der Waals surface area (Å²) in [4.78, 5) is 16.5. The van der Waals surface area contributed by atoms with Crippen molar-refractivity contribution in [2.45, 2.75) is 18.9 Å². The molecular weight excluding hydrogens is 384 g/mol. The van der Waals surface area contributed by atoms with Gasteiger partial charge in [0.15, 0.2) is 11.5 Å². The lowest BCUT2D eigenvalue weighted by atomic mass is 9.89. The fourth-order valence-electron chi connectivity index (χ4n) is 4.04. The SMILES string of the molecule is COc1cc2c(cc1OC)C(c1cccs1)N(C(=O)C1CCNC1)CC2.Cl. The Labute approximate surface area is 170 Å². The molecule has 27 heavy (non-hydrogen) atoms. The highest BCUT2D eigenvalue weighted by atomic mass is 35.5. The molecule has 2 aliphatic heterocycles. The smallest absolute Gasteiger partial charge is 0.227 e. The van der Waals surface area contributed by atoms with E-state index in [2.05, 4.69) is 33.8 Å². The van der Waals surface area contributed by atoms with Crippen molar-refractivity contribution < 1.29 is 14.3 Å². The second kappa shape index (κ2) is 8.50. The van der Waals surface area contributed by atoms with Crippen LogP contribution < -0.4 is 14.8 Å². The Balaban J connectivity index is 0.00000210. The molecule has 1 aromatic heterocycles. The lowest BCUT2D eigenvalue weighted by Crippen LogP contribution is -2.43. The highest BCUT2D eigenvalue weighted by Gasteiger charge is 2.37. The molecule has 4 rings (SSSR count). The van der Waals surface area contributed by atoms with Gasteiger partial charge in [0.2, 0.25) is 5.91 Å². The number of ether oxygens (including phenoxy) is 2. The quantitative estimate of drug-likeness (QED) is 0.843. The van der Waals surface area contributed by atoms with Crippen LogP contribution in [-0.4, -0.2) is 44.7 Å². The van der Waals surface area contributed by atoms with Gasteiger partial charge < -0.3 is 19.7 Å². The molecule has 1 amide bonds. The van der Waals surface area contributed by atoms with Crippen LogP contribution in [0.25, 0.3) is 0 Å². The summed E-state index contributed by atoms with van der Waals surface area (Å²) in [7, 11) is 3.31. The molecule has 2 atom stereocenters. The van der Waals surface area contributed by atoms with E-state index in [4.69, 9.17) is 9.47 Å². The van der Waals surface area contributed by atoms with E-state index in [1.165, 1.54) is 10.4 Å². The molecule has 1 aromatic carbocycles. The average molecular weight is 409 g/mol. The average Bonchev–Trinajstić information content (AvgIpc) is 3.39. The van der Waals surface area contributed by atoms with Gasteiger partial charge in [-0.2, -0.15) is 0 Å². The molecule has 1 N–H and O–H groups in total. The number of amides is 1. The van der Waals surface area contributed by atoms with Gasteiger partial charge in [0.25, 0.3) is 0 Å². The van der Waals surface area contributed by atoms with Crippen molar-refractivity contribution in [1.29, 1.82) is 0 Å². The molecule has 1 saturated heterocycles. The molecule has 7 heteroatoms. The number of hydrogen-bond donors (Lipinski definition) is 1. The van der Waals surface area contributed by atoms with Gasteiger partial charge in [-0.15, -0.1) is 23.7 Å². The Hall–Kier alpha value is -1.76. The van der Waals surface area contributed by atoms with E-state index in [1.54, 1.807) is 25.6 Å². The van der Waals surface area contributed by atoms with Crippen molar-refractivity contribution in [3.63, 3.8) is 0 Å². The zero-order chi connectivity index (χ0) is 18.1. The standard InChI is InChI=1S/C20H24N2O3S.ClH/c1-24-16-10-13-6-8-22(20(23)14-5-7-21-12-14)19(18-4-3-9-26-18)15(13)11-17(16)25-2;/h3-4,9-11,14,19,21H,5-8,12H2,1-2H3;1H. The number of carbonyl (C=O) groups is 1. The van der Waals surface area contributed by atoms with E-state index in [-0.39, 0.29) is 30.3 Å². The number of benzene rings is 1. The molecule has 1 fully saturated rings. The second-order valence-electron chi connectivity index (χ2n) is 6.80. The van der Waals surface area contributed by atoms with Crippen LogP contribution in [0.5, 0.6) is 11.5 Å². The van der Waals surface area contributed by atoms with Crippen molar-refractivity contribution in [2.75, 3.05) is 33.9 Å². The minimum Gasteiger partial charge on any atom is -0.493 e.